The summed E-state index contributed by atoms with van der Waals surface area (Å²) in [5, 5.41) is 20.6. The van der Waals surface area contributed by atoms with E-state index >= 15 is 0 Å². The molecule has 0 aliphatic heterocycles. The molecule has 3 nitrogen and oxygen atoms in total. The molecular formula is C15H8ClF2N3. The van der Waals surface area contributed by atoms with E-state index in [9.17, 15) is 8.78 Å². The van der Waals surface area contributed by atoms with Crippen LogP contribution in [0.5, 0.6) is 0 Å². The van der Waals surface area contributed by atoms with E-state index in [0.29, 0.717) is 10.7 Å². The number of rotatable bonds is 3. The van der Waals surface area contributed by atoms with E-state index in [1.165, 1.54) is 12.1 Å². The van der Waals surface area contributed by atoms with Gasteiger partial charge in [0.25, 0.3) is 0 Å². The van der Waals surface area contributed by atoms with Gasteiger partial charge in [-0.2, -0.15) is 10.5 Å². The van der Waals surface area contributed by atoms with Crippen molar-refractivity contribution in [2.24, 2.45) is 0 Å². The van der Waals surface area contributed by atoms with Gasteiger partial charge in [-0.1, -0.05) is 11.6 Å². The van der Waals surface area contributed by atoms with Gasteiger partial charge in [0.05, 0.1) is 22.2 Å². The number of halogens is 3. The fourth-order valence-corrected chi connectivity index (χ4v) is 1.91. The van der Waals surface area contributed by atoms with Crippen molar-refractivity contribution in [3.63, 3.8) is 0 Å². The van der Waals surface area contributed by atoms with Crippen molar-refractivity contribution in [3.8, 4) is 12.1 Å². The van der Waals surface area contributed by atoms with Gasteiger partial charge in [0.1, 0.15) is 17.7 Å². The van der Waals surface area contributed by atoms with Crippen molar-refractivity contribution in [2.45, 2.75) is 6.54 Å². The van der Waals surface area contributed by atoms with Gasteiger partial charge < -0.3 is 5.32 Å². The Labute approximate surface area is 125 Å². The van der Waals surface area contributed by atoms with Gasteiger partial charge in [0.15, 0.2) is 0 Å². The van der Waals surface area contributed by atoms with Gasteiger partial charge >= 0.3 is 0 Å². The predicted molar refractivity (Wildman–Crippen MR) is 74.6 cm³/mol. The molecule has 0 unspecified atom stereocenters. The first kappa shape index (κ1) is 14.8. The lowest BCUT2D eigenvalue weighted by atomic mass is 10.1. The lowest BCUT2D eigenvalue weighted by molar-refractivity contribution is 0.559. The average Bonchev–Trinajstić information content (AvgIpc) is 2.47. The number of nitrogens with zero attached hydrogens (tertiary/aromatic N) is 2. The average molecular weight is 304 g/mol. The van der Waals surface area contributed by atoms with Crippen LogP contribution in [0.3, 0.4) is 0 Å². The third-order valence-corrected chi connectivity index (χ3v) is 3.16. The van der Waals surface area contributed by atoms with Gasteiger partial charge in [-0.3, -0.25) is 0 Å². The molecule has 0 amide bonds. The zero-order valence-corrected chi connectivity index (χ0v) is 11.4. The summed E-state index contributed by atoms with van der Waals surface area (Å²) in [6, 6.07) is 10.2. The van der Waals surface area contributed by atoms with Crippen molar-refractivity contribution in [3.05, 3.63) is 63.7 Å². The van der Waals surface area contributed by atoms with Crippen LogP contribution in [0.2, 0.25) is 5.02 Å². The van der Waals surface area contributed by atoms with E-state index in [1.807, 2.05) is 6.07 Å². The van der Waals surface area contributed by atoms with E-state index in [0.717, 1.165) is 12.1 Å². The molecule has 0 spiro atoms. The minimum atomic E-state index is -0.798. The minimum absolute atomic E-state index is 0.0768. The molecule has 2 aromatic carbocycles. The van der Waals surface area contributed by atoms with Crippen LogP contribution < -0.4 is 5.32 Å². The molecule has 1 N–H and O–H groups in total. The minimum Gasteiger partial charge on any atom is -0.381 e. The molecule has 0 atom stereocenters. The summed E-state index contributed by atoms with van der Waals surface area (Å²) in [4.78, 5) is 0. The van der Waals surface area contributed by atoms with Crippen LogP contribution in [0.15, 0.2) is 30.3 Å². The Balaban J connectivity index is 2.21. The molecule has 2 aromatic rings. The van der Waals surface area contributed by atoms with Crippen LogP contribution in [0, 0.1) is 34.3 Å². The molecule has 2 rings (SSSR count). The summed E-state index contributed by atoms with van der Waals surface area (Å²) in [6.45, 7) is -0.115. The number of hydrogen-bond acceptors (Lipinski definition) is 3. The fraction of sp³-hybridized carbons (Fsp3) is 0.0667. The Morgan fingerprint density at radius 1 is 1.05 bits per heavy atom. The fourth-order valence-electron chi connectivity index (χ4n) is 1.75. The van der Waals surface area contributed by atoms with Gasteiger partial charge in [-0.25, -0.2) is 8.78 Å². The Kier molecular flexibility index (Phi) is 4.37. The maximum Gasteiger partial charge on any atom is 0.132 e. The molecule has 0 aliphatic rings. The first-order valence-corrected chi connectivity index (χ1v) is 6.24. The van der Waals surface area contributed by atoms with Gasteiger partial charge in [-0.05, 0) is 30.3 Å². The van der Waals surface area contributed by atoms with Crippen molar-refractivity contribution < 1.29 is 8.78 Å². The highest BCUT2D eigenvalue weighted by Crippen LogP contribution is 2.21. The second-order valence-electron chi connectivity index (χ2n) is 4.19. The van der Waals surface area contributed by atoms with E-state index in [1.54, 1.807) is 12.1 Å². The molecule has 0 bridgehead atoms. The summed E-state index contributed by atoms with van der Waals surface area (Å²) in [5.74, 6) is -1.60. The third kappa shape index (κ3) is 3.28. The second kappa shape index (κ2) is 6.21. The number of nitriles is 2. The molecular weight excluding hydrogens is 296 g/mol. The number of nitrogens with one attached hydrogen (secondary N) is 1. The van der Waals surface area contributed by atoms with Crippen LogP contribution in [0.1, 0.15) is 16.7 Å². The molecule has 0 radical (unpaired) electrons. The smallest absolute Gasteiger partial charge is 0.132 e. The van der Waals surface area contributed by atoms with Crippen molar-refractivity contribution in [2.75, 3.05) is 5.32 Å². The van der Waals surface area contributed by atoms with Crippen molar-refractivity contribution in [1.29, 1.82) is 10.5 Å². The normalized spacial score (nSPS) is 9.76. The Bertz CT molecular complexity index is 752. The monoisotopic (exact) mass is 303 g/mol. The Morgan fingerprint density at radius 2 is 1.71 bits per heavy atom. The van der Waals surface area contributed by atoms with Gasteiger partial charge in [0.2, 0.25) is 0 Å². The topological polar surface area (TPSA) is 59.6 Å². The first-order chi connectivity index (χ1) is 10.0. The highest BCUT2D eigenvalue weighted by Gasteiger charge is 2.11. The van der Waals surface area contributed by atoms with Crippen LogP contribution in [-0.2, 0) is 6.54 Å². The Morgan fingerprint density at radius 3 is 2.29 bits per heavy atom. The third-order valence-electron chi connectivity index (χ3n) is 2.83. The number of benzene rings is 2. The summed E-state index contributed by atoms with van der Waals surface area (Å²) in [5.41, 5.74) is 0.524. The zero-order valence-electron chi connectivity index (χ0n) is 10.6. The molecule has 104 valence electrons. The largest absolute Gasteiger partial charge is 0.381 e. The summed E-state index contributed by atoms with van der Waals surface area (Å²) in [6.07, 6.45) is 0. The summed E-state index contributed by atoms with van der Waals surface area (Å²) < 4.78 is 27.4. The molecule has 0 saturated heterocycles. The number of hydrogen-bond donors (Lipinski definition) is 1. The lowest BCUT2D eigenvalue weighted by Crippen LogP contribution is -2.05. The maximum absolute atomic E-state index is 13.7. The molecule has 0 heterocycles. The molecule has 0 aliphatic carbocycles. The van der Waals surface area contributed by atoms with Crippen LogP contribution in [-0.4, -0.2) is 0 Å². The van der Waals surface area contributed by atoms with Crippen molar-refractivity contribution in [1.82, 2.24) is 0 Å². The van der Waals surface area contributed by atoms with E-state index in [2.05, 4.69) is 5.32 Å². The van der Waals surface area contributed by atoms with E-state index in [-0.39, 0.29) is 23.2 Å². The molecule has 0 saturated carbocycles. The molecule has 21 heavy (non-hydrogen) atoms. The summed E-state index contributed by atoms with van der Waals surface area (Å²) >= 11 is 5.80. The SMILES string of the molecule is N#Cc1cc(F)c(CNc2ccc(Cl)c(C#N)c2)c(F)c1. The number of anilines is 1. The summed E-state index contributed by atoms with van der Waals surface area (Å²) in [7, 11) is 0. The maximum atomic E-state index is 13.7. The molecule has 0 aromatic heterocycles. The molecule has 6 heteroatoms. The predicted octanol–water partition coefficient (Wildman–Crippen LogP) is 3.97. The quantitative estimate of drug-likeness (QED) is 0.933. The van der Waals surface area contributed by atoms with E-state index in [4.69, 9.17) is 22.1 Å². The Hall–Kier alpha value is -2.63. The lowest BCUT2D eigenvalue weighted by Gasteiger charge is -2.09. The van der Waals surface area contributed by atoms with Crippen molar-refractivity contribution >= 4 is 17.3 Å². The highest BCUT2D eigenvalue weighted by atomic mass is 35.5. The van der Waals surface area contributed by atoms with Crippen LogP contribution >= 0.6 is 11.6 Å². The van der Waals surface area contributed by atoms with Gasteiger partial charge in [-0.15, -0.1) is 0 Å². The highest BCUT2D eigenvalue weighted by molar-refractivity contribution is 6.31. The second-order valence-corrected chi connectivity index (χ2v) is 4.60. The van der Waals surface area contributed by atoms with Crippen LogP contribution in [0.25, 0.3) is 0 Å². The molecule has 0 fully saturated rings. The standard InChI is InChI=1S/C15H8ClF2N3/c16-13-2-1-11(5-10(13)7-20)21-8-12-14(17)3-9(6-19)4-15(12)18/h1-5,21H,8H2. The van der Waals surface area contributed by atoms with Gasteiger partial charge in [0, 0.05) is 17.8 Å². The zero-order chi connectivity index (χ0) is 15.4. The van der Waals surface area contributed by atoms with E-state index < -0.39 is 11.6 Å². The van der Waals surface area contributed by atoms with Crippen LogP contribution in [0.4, 0.5) is 14.5 Å². The first-order valence-electron chi connectivity index (χ1n) is 5.86.